The zero-order chi connectivity index (χ0) is 9.78. The van der Waals surface area contributed by atoms with Crippen molar-refractivity contribution in [1.82, 2.24) is 0 Å². The molecule has 0 aromatic carbocycles. The average molecular weight is 664 g/mol. The molecule has 0 N–H and O–H groups in total. The van der Waals surface area contributed by atoms with Crippen LogP contribution in [-0.2, 0) is 9.53 Å². The number of hydrogen-bond donors (Lipinski definition) is 0. The minimum Gasteiger partial charge on any atom is -0.467 e. The Morgan fingerprint density at radius 3 is 1.79 bits per heavy atom. The van der Waals surface area contributed by atoms with Crippen LogP contribution in [0.25, 0.3) is 0 Å². The van der Waals surface area contributed by atoms with Gasteiger partial charge < -0.3 is 18.6 Å². The Balaban J connectivity index is -0.000000605. The van der Waals surface area contributed by atoms with Crippen LogP contribution >= 0.6 is 0 Å². The summed E-state index contributed by atoms with van der Waals surface area (Å²) in [6.07, 6.45) is 1.05. The molecule has 0 saturated carbocycles. The fourth-order valence-corrected chi connectivity index (χ4v) is 0.590. The van der Waals surface area contributed by atoms with E-state index in [-0.39, 0.29) is 12.1 Å². The molecule has 0 unspecified atom stereocenters. The first-order valence-electron chi connectivity index (χ1n) is 4.21. The summed E-state index contributed by atoms with van der Waals surface area (Å²) in [6, 6.07) is 0. The van der Waals surface area contributed by atoms with Crippen LogP contribution in [0.4, 0.5) is 0 Å². The molecule has 0 aliphatic heterocycles. The smallest absolute Gasteiger partial charge is 0.311 e. The minimum atomic E-state index is -0.428. The van der Waals surface area contributed by atoms with E-state index in [1.54, 1.807) is 0 Å². The largest absolute Gasteiger partial charge is 0.467 e. The standard InChI is InChI=1S/C10H18O2.2Cm/c1-6-8(7-2)12-9(11)10(3,4)5;;/h8H,1-2,6-7H2,3-5H3;;/q-2;;. The van der Waals surface area contributed by atoms with Crippen molar-refractivity contribution >= 4 is 5.97 Å². The van der Waals surface area contributed by atoms with E-state index in [4.69, 9.17) is 4.74 Å². The topological polar surface area (TPSA) is 26.3 Å². The third kappa shape index (κ3) is 5.16. The molecule has 88 valence electrons. The van der Waals surface area contributed by atoms with Gasteiger partial charge in [0.15, 0.2) is 0 Å². The zero-order valence-electron chi connectivity index (χ0n) is 8.93. The Morgan fingerprint density at radius 1 is 1.21 bits per heavy atom. The van der Waals surface area contributed by atoms with Crippen LogP contribution in [0.15, 0.2) is 0 Å². The van der Waals surface area contributed by atoms with Gasteiger partial charge in [0.1, 0.15) is 0 Å². The van der Waals surface area contributed by atoms with Gasteiger partial charge in [-0.15, -0.1) is 12.8 Å². The van der Waals surface area contributed by atoms with E-state index < -0.39 is 5.41 Å². The molecule has 0 aliphatic carbocycles. The molecule has 0 spiro atoms. The van der Waals surface area contributed by atoms with E-state index in [0.29, 0.717) is 12.8 Å². The van der Waals surface area contributed by atoms with Crippen LogP contribution in [0.2, 0.25) is 0 Å². The van der Waals surface area contributed by atoms with Crippen LogP contribution in [0, 0.1) is 19.3 Å². The summed E-state index contributed by atoms with van der Waals surface area (Å²) >= 11 is 0. The Bertz CT molecular complexity index is 149. The SMILES string of the molecule is [CH2-]CC(C[CH2-])OC(=O)C(C)(C)C.[Cm].[Cm]. The van der Waals surface area contributed by atoms with Gasteiger partial charge in [-0.2, -0.15) is 0 Å². The number of esters is 1. The molecule has 4 heteroatoms. The Hall–Kier alpha value is -2.53. The Morgan fingerprint density at radius 2 is 1.57 bits per heavy atom. The maximum absolute atomic E-state index is 11.3. The molecule has 0 rings (SSSR count). The summed E-state index contributed by atoms with van der Waals surface area (Å²) in [4.78, 5) is 11.3. The summed E-state index contributed by atoms with van der Waals surface area (Å²) in [6.45, 7) is 12.8. The van der Waals surface area contributed by atoms with Crippen LogP contribution in [0.3, 0.4) is 0 Å². The molecule has 0 heterocycles. The third-order valence-electron chi connectivity index (χ3n) is 1.53. The van der Waals surface area contributed by atoms with Gasteiger partial charge in [0, 0.05) is 6.10 Å². The summed E-state index contributed by atoms with van der Waals surface area (Å²) in [5.41, 5.74) is -0.428. The van der Waals surface area contributed by atoms with Gasteiger partial charge in [0.25, 0.3) is 0 Å². The van der Waals surface area contributed by atoms with E-state index in [0.717, 1.165) is 0 Å². The summed E-state index contributed by atoms with van der Waals surface area (Å²) < 4.78 is 5.15. The van der Waals surface area contributed by atoms with Crippen molar-refractivity contribution in [2.24, 2.45) is 5.41 Å². The molecule has 0 atom stereocenters. The third-order valence-corrected chi connectivity index (χ3v) is 1.53. The Kier molecular flexibility index (Phi) is 7.56. The van der Waals surface area contributed by atoms with Crippen LogP contribution in [0.5, 0.6) is 0 Å². The summed E-state index contributed by atoms with van der Waals surface area (Å²) in [5.74, 6) is -0.181. The van der Waals surface area contributed by atoms with E-state index in [1.165, 1.54) is 0 Å². The maximum atomic E-state index is 11.3. The number of hydrogen-bond acceptors (Lipinski definition) is 2. The number of carbonyl (C=O) groups is 1. The van der Waals surface area contributed by atoms with Gasteiger partial charge in [-0.1, -0.05) is 0 Å². The van der Waals surface area contributed by atoms with Crippen molar-refractivity contribution in [3.05, 3.63) is 13.8 Å². The molecule has 0 fully saturated rings. The van der Waals surface area contributed by atoms with Crippen molar-refractivity contribution in [2.75, 3.05) is 0 Å². The van der Waals surface area contributed by atoms with Crippen molar-refractivity contribution in [1.29, 1.82) is 0 Å². The van der Waals surface area contributed by atoms with Gasteiger partial charge in [-0.25, -0.2) is 0 Å². The molecule has 2 nitrogen and oxygen atoms in total. The zero-order valence-corrected chi connectivity index (χ0v) is 14.8. The predicted molar refractivity (Wildman–Crippen MR) is 49.3 cm³/mol. The fraction of sp³-hybridized carbons (Fsp3) is 0.700. The molecule has 0 radical (unpaired) electrons. The van der Waals surface area contributed by atoms with E-state index in [1.807, 2.05) is 20.8 Å². The average Bonchev–Trinajstić information content (AvgIpc) is 1.97. The van der Waals surface area contributed by atoms with E-state index in [9.17, 15) is 4.79 Å². The monoisotopic (exact) mass is 656 g/mol. The van der Waals surface area contributed by atoms with Crippen LogP contribution in [0.1, 0.15) is 33.6 Å². The van der Waals surface area contributed by atoms with Gasteiger partial charge in [-0.3, -0.25) is 4.79 Å². The van der Waals surface area contributed by atoms with E-state index in [2.05, 4.69) is 13.8 Å². The van der Waals surface area contributed by atoms with E-state index >= 15 is 0 Å². The number of ether oxygens (including phenoxy) is 1. The Labute approximate surface area is 75.3 Å². The minimum absolute atomic E-state index is 0. The van der Waals surface area contributed by atoms with Crippen LogP contribution in [-0.4, -0.2) is 12.1 Å². The number of carbonyl (C=O) groups excluding carboxylic acids is 1. The predicted octanol–water partition coefficient (Wildman–Crippen LogP) is 2.39. The molecule has 14 heavy (non-hydrogen) atoms. The quantitative estimate of drug-likeness (QED) is 0.343. The first-order valence-corrected chi connectivity index (χ1v) is 4.21. The van der Waals surface area contributed by atoms with Crippen molar-refractivity contribution in [3.8, 4) is 0 Å². The number of rotatable bonds is 3. The molecular formula is C10H18Cm2O2-2. The van der Waals surface area contributed by atoms with Gasteiger partial charge >= 0.3 is 5.97 Å². The molecule has 0 bridgehead atoms. The molecule has 0 saturated heterocycles. The van der Waals surface area contributed by atoms with Gasteiger partial charge in [0.05, 0.1) is 5.41 Å². The van der Waals surface area contributed by atoms with Crippen LogP contribution < -0.4 is 0 Å². The molecule has 0 aliphatic rings. The first-order chi connectivity index (χ1) is 5.41. The van der Waals surface area contributed by atoms with Crippen molar-refractivity contribution in [3.63, 3.8) is 0 Å². The second kappa shape index (κ2) is 6.04. The molecule has 0 aromatic rings. The normalized spacial score (nSPS) is 10.1. The van der Waals surface area contributed by atoms with Gasteiger partial charge in [0.2, 0.25) is 0 Å². The first kappa shape index (κ1) is 17.5. The van der Waals surface area contributed by atoms with Crippen molar-refractivity contribution < 1.29 is 9.53 Å². The maximum Gasteiger partial charge on any atom is 0.311 e. The van der Waals surface area contributed by atoms with Crippen molar-refractivity contribution in [2.45, 2.75) is 39.7 Å². The second-order valence-corrected chi connectivity index (χ2v) is 3.85. The molecular weight excluding hydrogens is 646 g/mol. The fourth-order valence-electron chi connectivity index (χ4n) is 0.590. The summed E-state index contributed by atoms with van der Waals surface area (Å²) in [7, 11) is 0. The second-order valence-electron chi connectivity index (χ2n) is 3.85. The van der Waals surface area contributed by atoms with Gasteiger partial charge in [-0.05, 0) is 20.8 Å². The molecule has 0 aromatic heterocycles. The molecule has 0 amide bonds. The summed E-state index contributed by atoms with van der Waals surface area (Å²) in [5, 5.41) is 0.